The van der Waals surface area contributed by atoms with Gasteiger partial charge >= 0.3 is 0 Å². The highest BCUT2D eigenvalue weighted by molar-refractivity contribution is 7.89. The summed E-state index contributed by atoms with van der Waals surface area (Å²) in [5, 5.41) is 2.99. The van der Waals surface area contributed by atoms with Crippen molar-refractivity contribution in [3.05, 3.63) is 77.9 Å². The van der Waals surface area contributed by atoms with Crippen LogP contribution in [0.1, 0.15) is 63.1 Å². The minimum atomic E-state index is -3.68. The highest BCUT2D eigenvalue weighted by Gasteiger charge is 2.42. The van der Waals surface area contributed by atoms with Crippen molar-refractivity contribution in [3.8, 4) is 11.5 Å². The molecule has 10 heteroatoms. The van der Waals surface area contributed by atoms with Gasteiger partial charge in [-0.3, -0.25) is 9.59 Å². The van der Waals surface area contributed by atoms with Crippen LogP contribution in [0.5, 0.6) is 11.5 Å². The van der Waals surface area contributed by atoms with Crippen molar-refractivity contribution < 1.29 is 27.5 Å². The molecule has 0 saturated carbocycles. The summed E-state index contributed by atoms with van der Waals surface area (Å²) in [6.07, 6.45) is 3.24. The molecule has 0 radical (unpaired) electrons. The first kappa shape index (κ1) is 31.5. The van der Waals surface area contributed by atoms with Gasteiger partial charge < -0.3 is 19.7 Å². The number of carbonyl (C=O) groups is 2. The van der Waals surface area contributed by atoms with Gasteiger partial charge in [-0.05, 0) is 94.1 Å². The summed E-state index contributed by atoms with van der Waals surface area (Å²) in [4.78, 5) is 29.3. The maximum absolute atomic E-state index is 14.0. The lowest BCUT2D eigenvalue weighted by Gasteiger charge is -2.41. The zero-order valence-corrected chi connectivity index (χ0v) is 26.8. The normalized spacial score (nSPS) is 22.8. The Morgan fingerprint density at radius 1 is 0.864 bits per heavy atom. The van der Waals surface area contributed by atoms with Crippen molar-refractivity contribution in [2.45, 2.75) is 75.9 Å². The van der Waals surface area contributed by atoms with Crippen LogP contribution in [0.3, 0.4) is 0 Å². The van der Waals surface area contributed by atoms with Crippen LogP contribution in [-0.2, 0) is 19.6 Å². The Labute approximate surface area is 260 Å². The lowest BCUT2D eigenvalue weighted by atomic mass is 9.83. The van der Waals surface area contributed by atoms with Crippen LogP contribution in [0.2, 0.25) is 0 Å². The number of hydrogen-bond acceptors (Lipinski definition) is 6. The fraction of sp³-hybridized carbons (Fsp3) is 0.412. The largest absolute Gasteiger partial charge is 0.493 e. The third kappa shape index (κ3) is 6.19. The van der Waals surface area contributed by atoms with E-state index in [0.29, 0.717) is 29.3 Å². The van der Waals surface area contributed by atoms with Crippen LogP contribution in [0.25, 0.3) is 0 Å². The molecular weight excluding hydrogens is 578 g/mol. The van der Waals surface area contributed by atoms with E-state index in [-0.39, 0.29) is 35.2 Å². The van der Waals surface area contributed by atoms with Crippen LogP contribution in [0.15, 0.2) is 71.6 Å². The quantitative estimate of drug-likeness (QED) is 0.327. The number of methoxy groups -OCH3 is 2. The van der Waals surface area contributed by atoms with Gasteiger partial charge in [-0.1, -0.05) is 30.2 Å². The van der Waals surface area contributed by atoms with E-state index in [0.717, 1.165) is 30.4 Å². The number of benzene rings is 3. The van der Waals surface area contributed by atoms with Crippen LogP contribution in [0.4, 0.5) is 11.4 Å². The van der Waals surface area contributed by atoms with Gasteiger partial charge in [0.1, 0.15) is 0 Å². The summed E-state index contributed by atoms with van der Waals surface area (Å²) in [6.45, 7) is 5.88. The van der Waals surface area contributed by atoms with E-state index in [4.69, 9.17) is 9.47 Å². The zero-order chi connectivity index (χ0) is 31.6. The molecule has 4 unspecified atom stereocenters. The maximum Gasteiger partial charge on any atom is 0.243 e. The van der Waals surface area contributed by atoms with Gasteiger partial charge in [-0.15, -0.1) is 0 Å². The zero-order valence-electron chi connectivity index (χ0n) is 25.9. The molecule has 2 heterocycles. The Balaban J connectivity index is 1.45. The number of carbonyl (C=O) groups excluding carboxylic acids is 2. The van der Waals surface area contributed by atoms with Gasteiger partial charge in [0.25, 0.3) is 0 Å². The first-order valence-electron chi connectivity index (χ1n) is 15.1. The molecule has 1 N–H and O–H groups in total. The molecule has 0 bridgehead atoms. The van der Waals surface area contributed by atoms with E-state index in [1.807, 2.05) is 57.2 Å². The van der Waals surface area contributed by atoms with Crippen LogP contribution < -0.4 is 19.7 Å². The van der Waals surface area contributed by atoms with Gasteiger partial charge in [0.05, 0.1) is 31.1 Å². The molecule has 2 fully saturated rings. The number of ether oxygens (including phenoxy) is 2. The number of rotatable bonds is 8. The van der Waals surface area contributed by atoms with Gasteiger partial charge in [0.15, 0.2) is 11.5 Å². The minimum absolute atomic E-state index is 0.0675. The molecule has 44 heavy (non-hydrogen) atoms. The predicted molar refractivity (Wildman–Crippen MR) is 171 cm³/mol. The van der Waals surface area contributed by atoms with E-state index in [9.17, 15) is 18.0 Å². The molecule has 4 atom stereocenters. The molecular formula is C34H41N3O6S. The van der Waals surface area contributed by atoms with E-state index in [1.54, 1.807) is 53.8 Å². The summed E-state index contributed by atoms with van der Waals surface area (Å²) in [6, 6.07) is 18.7. The maximum atomic E-state index is 14.0. The summed E-state index contributed by atoms with van der Waals surface area (Å²) in [5.74, 6) is 0.118. The first-order valence-corrected chi connectivity index (χ1v) is 16.5. The van der Waals surface area contributed by atoms with Crippen molar-refractivity contribution >= 4 is 33.2 Å². The standard InChI is InChI=1S/C34H41N3O6S/c1-22-9-14-27(15-10-22)36-32(38)20-18-29(33(36)25-11-19-30(42-4)31(21-25)43-5)34(39)35-26-12-16-28(17-13-26)44(40,41)37-23(2)7-6-8-24(37)3/h9-17,19,21,23-24,29,33H,6-8,18,20H2,1-5H3,(H,35,39). The fourth-order valence-corrected chi connectivity index (χ4v) is 8.42. The number of hydrogen-bond donors (Lipinski definition) is 1. The molecule has 0 aromatic heterocycles. The number of sulfonamides is 1. The van der Waals surface area contributed by atoms with E-state index < -0.39 is 22.0 Å². The smallest absolute Gasteiger partial charge is 0.243 e. The molecule has 3 aromatic rings. The van der Waals surface area contributed by atoms with Crippen LogP contribution >= 0.6 is 0 Å². The Morgan fingerprint density at radius 2 is 1.50 bits per heavy atom. The Morgan fingerprint density at radius 3 is 2.11 bits per heavy atom. The third-order valence-electron chi connectivity index (χ3n) is 8.81. The number of nitrogens with zero attached hydrogens (tertiary/aromatic N) is 2. The van der Waals surface area contributed by atoms with Gasteiger partial charge in [-0.25, -0.2) is 8.42 Å². The lowest BCUT2D eigenvalue weighted by Crippen LogP contribution is -2.47. The van der Waals surface area contributed by atoms with E-state index in [2.05, 4.69) is 5.32 Å². The molecule has 2 saturated heterocycles. The molecule has 2 aliphatic rings. The molecule has 5 rings (SSSR count). The van der Waals surface area contributed by atoms with E-state index >= 15 is 0 Å². The summed E-state index contributed by atoms with van der Waals surface area (Å²) >= 11 is 0. The van der Waals surface area contributed by atoms with Gasteiger partial charge in [0, 0.05) is 29.9 Å². The Kier molecular flexibility index (Phi) is 9.31. The average molecular weight is 620 g/mol. The predicted octanol–water partition coefficient (Wildman–Crippen LogP) is 6.09. The van der Waals surface area contributed by atoms with Gasteiger partial charge in [-0.2, -0.15) is 4.31 Å². The molecule has 0 aliphatic carbocycles. The Bertz CT molecular complexity index is 1600. The highest BCUT2D eigenvalue weighted by Crippen LogP contribution is 2.43. The summed E-state index contributed by atoms with van der Waals surface area (Å²) < 4.78 is 39.6. The first-order chi connectivity index (χ1) is 21.0. The van der Waals surface area contributed by atoms with E-state index in [1.165, 1.54) is 0 Å². The Hall–Kier alpha value is -3.89. The van der Waals surface area contributed by atoms with Crippen molar-refractivity contribution in [1.82, 2.24) is 4.31 Å². The van der Waals surface area contributed by atoms with Gasteiger partial charge in [0.2, 0.25) is 21.8 Å². The third-order valence-corrected chi connectivity index (χ3v) is 10.9. The van der Waals surface area contributed by atoms with Crippen molar-refractivity contribution in [2.24, 2.45) is 5.92 Å². The van der Waals surface area contributed by atoms with Crippen molar-refractivity contribution in [1.29, 1.82) is 0 Å². The topological polar surface area (TPSA) is 105 Å². The minimum Gasteiger partial charge on any atom is -0.493 e. The second kappa shape index (κ2) is 13.0. The second-order valence-electron chi connectivity index (χ2n) is 11.8. The summed E-state index contributed by atoms with van der Waals surface area (Å²) in [5.41, 5.74) is 2.99. The molecule has 3 aromatic carbocycles. The second-order valence-corrected chi connectivity index (χ2v) is 13.6. The molecule has 9 nitrogen and oxygen atoms in total. The SMILES string of the molecule is COc1ccc(C2C(C(=O)Nc3ccc(S(=O)(=O)N4C(C)CCCC4C)cc3)CCC(=O)N2c2ccc(C)cc2)cc1OC. The summed E-state index contributed by atoms with van der Waals surface area (Å²) in [7, 11) is -0.572. The molecule has 2 amide bonds. The number of anilines is 2. The fourth-order valence-electron chi connectivity index (χ4n) is 6.53. The average Bonchev–Trinajstić information content (AvgIpc) is 3.01. The number of amides is 2. The molecule has 2 aliphatic heterocycles. The highest BCUT2D eigenvalue weighted by atomic mass is 32.2. The molecule has 234 valence electrons. The van der Waals surface area contributed by atoms with Crippen molar-refractivity contribution in [3.63, 3.8) is 0 Å². The number of piperidine rings is 2. The van der Waals surface area contributed by atoms with Crippen LogP contribution in [0, 0.1) is 12.8 Å². The molecule has 0 spiro atoms. The monoisotopic (exact) mass is 619 g/mol. The van der Waals surface area contributed by atoms with Crippen molar-refractivity contribution in [2.75, 3.05) is 24.4 Å². The number of nitrogens with one attached hydrogen (secondary N) is 1. The lowest BCUT2D eigenvalue weighted by molar-refractivity contribution is -0.125. The van der Waals surface area contributed by atoms with Crippen LogP contribution in [-0.4, -0.2) is 50.8 Å². The number of aryl methyl sites for hydroxylation is 1.